The Morgan fingerprint density at radius 3 is 2.31 bits per heavy atom. The molecule has 0 fully saturated rings. The van der Waals surface area contributed by atoms with E-state index in [9.17, 15) is 4.79 Å². The van der Waals surface area contributed by atoms with Crippen molar-refractivity contribution >= 4 is 17.7 Å². The molecule has 4 heterocycles. The number of hydrogen-bond acceptors (Lipinski definition) is 7. The first-order chi connectivity index (χ1) is 15.6. The zero-order valence-electron chi connectivity index (χ0n) is 18.5. The fourth-order valence-electron chi connectivity index (χ4n) is 3.87. The van der Waals surface area contributed by atoms with Gasteiger partial charge in [-0.3, -0.25) is 24.7 Å². The molecule has 164 valence electrons. The smallest absolute Gasteiger partial charge is 0.273 e. The van der Waals surface area contributed by atoms with Gasteiger partial charge in [-0.05, 0) is 38.1 Å². The predicted octanol–water partition coefficient (Wildman–Crippen LogP) is 2.37. The largest absolute Gasteiger partial charge is 0.358 e. The Kier molecular flexibility index (Phi) is 6.46. The SMILES string of the molecule is CCN(CC)CCc1c(C)[nH]c(/C=C2/C(=O)NN=C2c2cnccn2)c1-c1cnccn1. The van der Waals surface area contributed by atoms with E-state index in [2.05, 4.69) is 54.2 Å². The summed E-state index contributed by atoms with van der Waals surface area (Å²) < 4.78 is 0. The Labute approximate surface area is 186 Å². The number of hydrazone groups is 1. The minimum absolute atomic E-state index is 0.285. The van der Waals surface area contributed by atoms with Crippen LogP contribution in [0, 0.1) is 6.92 Å². The molecule has 1 amide bonds. The van der Waals surface area contributed by atoms with E-state index in [1.807, 2.05) is 13.0 Å². The molecule has 4 rings (SSSR count). The fraction of sp³-hybridized carbons (Fsp3) is 0.304. The van der Waals surface area contributed by atoms with Gasteiger partial charge in [0.2, 0.25) is 0 Å². The maximum atomic E-state index is 12.6. The average molecular weight is 431 g/mol. The third-order valence-electron chi connectivity index (χ3n) is 5.60. The van der Waals surface area contributed by atoms with Crippen LogP contribution in [0.2, 0.25) is 0 Å². The third-order valence-corrected chi connectivity index (χ3v) is 5.60. The molecular formula is C23H26N8O. The second-order valence-corrected chi connectivity index (χ2v) is 7.43. The number of nitrogens with zero attached hydrogens (tertiary/aromatic N) is 6. The summed E-state index contributed by atoms with van der Waals surface area (Å²) >= 11 is 0. The molecule has 0 bridgehead atoms. The highest BCUT2D eigenvalue weighted by atomic mass is 16.2. The number of aryl methyl sites for hydroxylation is 1. The van der Waals surface area contributed by atoms with Gasteiger partial charge >= 0.3 is 0 Å². The number of amides is 1. The number of nitrogens with one attached hydrogen (secondary N) is 2. The van der Waals surface area contributed by atoms with Gasteiger partial charge in [0.05, 0.1) is 23.7 Å². The molecule has 0 saturated carbocycles. The lowest BCUT2D eigenvalue weighted by Gasteiger charge is -2.18. The first kappa shape index (κ1) is 21.5. The van der Waals surface area contributed by atoms with Gasteiger partial charge in [0, 0.05) is 48.3 Å². The molecule has 0 radical (unpaired) electrons. The Hall–Kier alpha value is -3.72. The first-order valence-corrected chi connectivity index (χ1v) is 10.7. The van der Waals surface area contributed by atoms with E-state index in [0.29, 0.717) is 17.0 Å². The summed E-state index contributed by atoms with van der Waals surface area (Å²) in [6.07, 6.45) is 12.5. The highest BCUT2D eigenvalue weighted by Crippen LogP contribution is 2.31. The van der Waals surface area contributed by atoms with E-state index < -0.39 is 0 Å². The Bertz CT molecular complexity index is 1150. The van der Waals surface area contributed by atoms with Crippen molar-refractivity contribution in [1.29, 1.82) is 0 Å². The monoisotopic (exact) mass is 430 g/mol. The van der Waals surface area contributed by atoms with E-state index in [1.165, 1.54) is 5.56 Å². The van der Waals surface area contributed by atoms with Crippen LogP contribution in [0.15, 0.2) is 47.9 Å². The van der Waals surface area contributed by atoms with Gasteiger partial charge in [0.25, 0.3) is 5.91 Å². The maximum absolute atomic E-state index is 12.6. The lowest BCUT2D eigenvalue weighted by Crippen LogP contribution is -2.25. The molecular weight excluding hydrogens is 404 g/mol. The van der Waals surface area contributed by atoms with Crippen molar-refractivity contribution < 1.29 is 4.79 Å². The summed E-state index contributed by atoms with van der Waals surface area (Å²) in [5, 5.41) is 4.18. The molecule has 9 heteroatoms. The number of carbonyl (C=O) groups is 1. The van der Waals surface area contributed by atoms with Gasteiger partial charge in [0.15, 0.2) is 0 Å². The first-order valence-electron chi connectivity index (χ1n) is 10.7. The van der Waals surface area contributed by atoms with Gasteiger partial charge < -0.3 is 9.88 Å². The standard InChI is InChI=1S/C23H26N8O/c1-4-31(5-2)11-6-16-15(3)28-18(21(16)19-13-24-7-9-26-19)12-17-22(29-30-23(17)32)20-14-25-8-10-27-20/h7-10,12-14,28H,4-6,11H2,1-3H3,(H,30,32)/b17-12+. The van der Waals surface area contributed by atoms with E-state index >= 15 is 0 Å². The van der Waals surface area contributed by atoms with Crippen molar-refractivity contribution in [1.82, 2.24) is 35.2 Å². The molecule has 9 nitrogen and oxygen atoms in total. The van der Waals surface area contributed by atoms with Crippen LogP contribution in [0.5, 0.6) is 0 Å². The summed E-state index contributed by atoms with van der Waals surface area (Å²) in [7, 11) is 0. The Morgan fingerprint density at radius 2 is 1.69 bits per heavy atom. The summed E-state index contributed by atoms with van der Waals surface area (Å²) in [5.74, 6) is -0.285. The van der Waals surface area contributed by atoms with Gasteiger partial charge in [0.1, 0.15) is 11.4 Å². The molecule has 32 heavy (non-hydrogen) atoms. The number of aromatic amines is 1. The second kappa shape index (κ2) is 9.61. The van der Waals surface area contributed by atoms with Crippen molar-refractivity contribution in [2.24, 2.45) is 5.10 Å². The van der Waals surface area contributed by atoms with E-state index in [1.54, 1.807) is 37.2 Å². The van der Waals surface area contributed by atoms with Gasteiger partial charge in [-0.2, -0.15) is 5.10 Å². The second-order valence-electron chi connectivity index (χ2n) is 7.43. The summed E-state index contributed by atoms with van der Waals surface area (Å²) in [6.45, 7) is 9.30. The topological polar surface area (TPSA) is 112 Å². The Balaban J connectivity index is 1.79. The van der Waals surface area contributed by atoms with Crippen molar-refractivity contribution in [2.75, 3.05) is 19.6 Å². The van der Waals surface area contributed by atoms with Crippen LogP contribution in [-0.2, 0) is 11.2 Å². The number of carbonyl (C=O) groups excluding carboxylic acids is 1. The highest BCUT2D eigenvalue weighted by molar-refractivity contribution is 6.32. The minimum Gasteiger partial charge on any atom is -0.358 e. The van der Waals surface area contributed by atoms with Crippen LogP contribution in [0.25, 0.3) is 17.3 Å². The van der Waals surface area contributed by atoms with Crippen molar-refractivity contribution in [2.45, 2.75) is 27.2 Å². The molecule has 3 aromatic rings. The summed E-state index contributed by atoms with van der Waals surface area (Å²) in [4.78, 5) is 35.6. The number of H-pyrrole nitrogens is 1. The van der Waals surface area contributed by atoms with E-state index in [0.717, 1.165) is 48.7 Å². The van der Waals surface area contributed by atoms with E-state index in [4.69, 9.17) is 0 Å². The number of hydrogen-bond donors (Lipinski definition) is 2. The zero-order valence-corrected chi connectivity index (χ0v) is 18.5. The van der Waals surface area contributed by atoms with Crippen LogP contribution in [0.3, 0.4) is 0 Å². The van der Waals surface area contributed by atoms with Gasteiger partial charge in [-0.25, -0.2) is 5.43 Å². The number of rotatable bonds is 8. The molecule has 0 aliphatic carbocycles. The molecule has 3 aromatic heterocycles. The van der Waals surface area contributed by atoms with Gasteiger partial charge in [-0.1, -0.05) is 13.8 Å². The minimum atomic E-state index is -0.285. The molecule has 0 aromatic carbocycles. The Morgan fingerprint density at radius 1 is 1.00 bits per heavy atom. The highest BCUT2D eigenvalue weighted by Gasteiger charge is 2.27. The van der Waals surface area contributed by atoms with Gasteiger partial charge in [-0.15, -0.1) is 0 Å². The molecule has 2 N–H and O–H groups in total. The number of likely N-dealkylation sites (N-methyl/N-ethyl adjacent to an activating group) is 1. The third kappa shape index (κ3) is 4.33. The van der Waals surface area contributed by atoms with Crippen molar-refractivity contribution in [3.05, 3.63) is 65.4 Å². The molecule has 0 saturated heterocycles. The molecule has 1 aliphatic rings. The quantitative estimate of drug-likeness (QED) is 0.531. The van der Waals surface area contributed by atoms with Crippen molar-refractivity contribution in [3.63, 3.8) is 0 Å². The summed E-state index contributed by atoms with van der Waals surface area (Å²) in [5.41, 5.74) is 8.67. The van der Waals surface area contributed by atoms with Crippen LogP contribution >= 0.6 is 0 Å². The number of aromatic nitrogens is 5. The lowest BCUT2D eigenvalue weighted by atomic mass is 10.00. The van der Waals surface area contributed by atoms with Crippen LogP contribution in [0.1, 0.15) is 36.5 Å². The average Bonchev–Trinajstić information content (AvgIpc) is 3.35. The van der Waals surface area contributed by atoms with Crippen LogP contribution in [-0.4, -0.2) is 61.1 Å². The molecule has 0 atom stereocenters. The maximum Gasteiger partial charge on any atom is 0.273 e. The molecule has 0 spiro atoms. The molecule has 0 unspecified atom stereocenters. The normalized spacial score (nSPS) is 14.8. The lowest BCUT2D eigenvalue weighted by molar-refractivity contribution is -0.116. The fourth-order valence-corrected chi connectivity index (χ4v) is 3.87. The predicted molar refractivity (Wildman–Crippen MR) is 123 cm³/mol. The summed E-state index contributed by atoms with van der Waals surface area (Å²) in [6, 6.07) is 0. The van der Waals surface area contributed by atoms with Crippen LogP contribution in [0.4, 0.5) is 0 Å². The zero-order chi connectivity index (χ0) is 22.5. The van der Waals surface area contributed by atoms with E-state index in [-0.39, 0.29) is 5.91 Å². The van der Waals surface area contributed by atoms with Crippen molar-refractivity contribution in [3.8, 4) is 11.3 Å². The van der Waals surface area contributed by atoms with Crippen LogP contribution < -0.4 is 5.43 Å². The molecule has 1 aliphatic heterocycles.